The van der Waals surface area contributed by atoms with Crippen LogP contribution in [0.2, 0.25) is 0 Å². The van der Waals surface area contributed by atoms with Gasteiger partial charge in [-0.2, -0.15) is 5.10 Å². The molecule has 0 aliphatic heterocycles. The van der Waals surface area contributed by atoms with E-state index in [0.29, 0.717) is 4.80 Å². The van der Waals surface area contributed by atoms with E-state index in [-0.39, 0.29) is 11.3 Å². The van der Waals surface area contributed by atoms with E-state index in [1.807, 2.05) is 42.6 Å². The molecule has 2 aromatic carbocycles. The summed E-state index contributed by atoms with van der Waals surface area (Å²) in [5.41, 5.74) is 1.98. The fourth-order valence-electron chi connectivity index (χ4n) is 2.02. The van der Waals surface area contributed by atoms with Crippen LogP contribution in [0.5, 0.6) is 17.2 Å². The largest absolute Gasteiger partial charge is 0.504 e. The summed E-state index contributed by atoms with van der Waals surface area (Å²) in [7, 11) is 0. The number of phenolic OH excluding ortho intramolecular Hbond substituents is 3. The Bertz CT molecular complexity index is 959. The lowest BCUT2D eigenvalue weighted by atomic mass is 10.2. The van der Waals surface area contributed by atoms with Gasteiger partial charge >= 0.3 is 0 Å². The minimum Gasteiger partial charge on any atom is -0.504 e. The maximum atomic E-state index is 9.85. The van der Waals surface area contributed by atoms with Gasteiger partial charge in [-0.05, 0) is 31.2 Å². The van der Waals surface area contributed by atoms with Gasteiger partial charge < -0.3 is 15.3 Å². The number of aromatic hydroxyl groups is 3. The van der Waals surface area contributed by atoms with Crippen LogP contribution in [0.4, 0.5) is 5.69 Å². The van der Waals surface area contributed by atoms with Crippen molar-refractivity contribution < 1.29 is 15.3 Å². The number of aryl methyl sites for hydroxylation is 1. The zero-order chi connectivity index (χ0) is 17.1. The highest BCUT2D eigenvalue weighted by molar-refractivity contribution is 7.07. The van der Waals surface area contributed by atoms with Crippen LogP contribution in [0.25, 0.3) is 0 Å². The molecule has 3 rings (SSSR count). The van der Waals surface area contributed by atoms with Crippen molar-refractivity contribution >= 4 is 23.2 Å². The third kappa shape index (κ3) is 3.16. The normalized spacial score (nSPS) is 12.1. The van der Waals surface area contributed by atoms with Crippen LogP contribution in [-0.4, -0.2) is 26.2 Å². The second-order valence-electron chi connectivity index (χ2n) is 5.03. The molecule has 0 spiro atoms. The molecule has 0 saturated carbocycles. The van der Waals surface area contributed by atoms with Crippen molar-refractivity contribution in [3.05, 3.63) is 63.9 Å². The Morgan fingerprint density at radius 3 is 2.50 bits per heavy atom. The number of nitrogens with zero attached hydrogens (tertiary/aromatic N) is 3. The van der Waals surface area contributed by atoms with Crippen LogP contribution in [-0.2, 0) is 0 Å². The van der Waals surface area contributed by atoms with Gasteiger partial charge in [0.05, 0.1) is 17.6 Å². The van der Waals surface area contributed by atoms with Crippen molar-refractivity contribution in [2.75, 3.05) is 0 Å². The lowest BCUT2D eigenvalue weighted by Crippen LogP contribution is -2.11. The second kappa shape index (κ2) is 6.59. The molecule has 122 valence electrons. The van der Waals surface area contributed by atoms with Crippen LogP contribution in [0.1, 0.15) is 11.3 Å². The number of hydrogen-bond donors (Lipinski definition) is 3. The first-order valence-electron chi connectivity index (χ1n) is 7.11. The molecule has 3 N–H and O–H groups in total. The van der Waals surface area contributed by atoms with Gasteiger partial charge in [0, 0.05) is 10.9 Å². The van der Waals surface area contributed by atoms with Crippen molar-refractivity contribution in [1.82, 2.24) is 4.68 Å². The molecular weight excluding hydrogens is 326 g/mol. The SMILES string of the molecule is Cc1csc(=Nc2ccccc2)n1/N=C/c1ccc(O)c(O)c1O. The number of phenols is 3. The summed E-state index contributed by atoms with van der Waals surface area (Å²) in [6.07, 6.45) is 1.40. The molecule has 0 fully saturated rings. The summed E-state index contributed by atoms with van der Waals surface area (Å²) in [4.78, 5) is 5.22. The Kier molecular flexibility index (Phi) is 4.35. The highest BCUT2D eigenvalue weighted by Gasteiger charge is 2.09. The molecule has 0 bridgehead atoms. The molecule has 0 saturated heterocycles. The Hall–Kier alpha value is -3.06. The van der Waals surface area contributed by atoms with E-state index in [4.69, 9.17) is 0 Å². The summed E-state index contributed by atoms with van der Waals surface area (Å²) in [6.45, 7) is 1.89. The van der Waals surface area contributed by atoms with Crippen molar-refractivity contribution in [3.63, 3.8) is 0 Å². The van der Waals surface area contributed by atoms with E-state index < -0.39 is 11.5 Å². The molecule has 24 heavy (non-hydrogen) atoms. The Labute approximate surface area is 141 Å². The summed E-state index contributed by atoms with van der Waals surface area (Å²) in [6, 6.07) is 12.3. The molecule has 0 atom stereocenters. The number of para-hydroxylation sites is 1. The first-order valence-corrected chi connectivity index (χ1v) is 7.99. The van der Waals surface area contributed by atoms with Crippen LogP contribution in [0, 0.1) is 6.92 Å². The smallest absolute Gasteiger partial charge is 0.211 e. The molecule has 0 unspecified atom stereocenters. The standard InChI is InChI=1S/C17H15N3O3S/c1-11-10-24-17(19-13-5-3-2-4-6-13)20(11)18-9-12-7-8-14(21)16(23)15(12)22/h2-10,21-23H,1H3/b18-9+,19-17?. The fraction of sp³-hybridized carbons (Fsp3) is 0.0588. The lowest BCUT2D eigenvalue weighted by Gasteiger charge is -2.03. The van der Waals surface area contributed by atoms with Gasteiger partial charge in [0.25, 0.3) is 0 Å². The average Bonchev–Trinajstić information content (AvgIpc) is 2.93. The first-order chi connectivity index (χ1) is 11.6. The van der Waals surface area contributed by atoms with Gasteiger partial charge in [-0.15, -0.1) is 11.3 Å². The van der Waals surface area contributed by atoms with Crippen molar-refractivity contribution in [3.8, 4) is 17.2 Å². The predicted octanol–water partition coefficient (Wildman–Crippen LogP) is 3.09. The molecule has 0 radical (unpaired) electrons. The number of aromatic nitrogens is 1. The topological polar surface area (TPSA) is 90.3 Å². The summed E-state index contributed by atoms with van der Waals surface area (Å²) < 4.78 is 1.64. The Morgan fingerprint density at radius 2 is 1.75 bits per heavy atom. The van der Waals surface area contributed by atoms with E-state index in [9.17, 15) is 15.3 Å². The van der Waals surface area contributed by atoms with Crippen molar-refractivity contribution in [2.24, 2.45) is 10.1 Å². The second-order valence-corrected chi connectivity index (χ2v) is 5.87. The molecule has 7 heteroatoms. The Balaban J connectivity index is 2.01. The van der Waals surface area contributed by atoms with Crippen LogP contribution in [0.3, 0.4) is 0 Å². The van der Waals surface area contributed by atoms with Crippen molar-refractivity contribution in [1.29, 1.82) is 0 Å². The number of benzene rings is 2. The van der Waals surface area contributed by atoms with E-state index in [0.717, 1.165) is 11.4 Å². The van der Waals surface area contributed by atoms with Gasteiger partial charge in [0.2, 0.25) is 10.6 Å². The van der Waals surface area contributed by atoms with Gasteiger partial charge in [0.15, 0.2) is 11.5 Å². The zero-order valence-electron chi connectivity index (χ0n) is 12.8. The molecule has 1 aromatic heterocycles. The highest BCUT2D eigenvalue weighted by atomic mass is 32.1. The van der Waals surface area contributed by atoms with E-state index in [1.54, 1.807) is 4.68 Å². The van der Waals surface area contributed by atoms with Gasteiger partial charge in [-0.1, -0.05) is 18.2 Å². The highest BCUT2D eigenvalue weighted by Crippen LogP contribution is 2.36. The molecule has 0 amide bonds. The average molecular weight is 341 g/mol. The maximum absolute atomic E-state index is 9.85. The predicted molar refractivity (Wildman–Crippen MR) is 93.1 cm³/mol. The first kappa shape index (κ1) is 15.8. The maximum Gasteiger partial charge on any atom is 0.211 e. The van der Waals surface area contributed by atoms with Gasteiger partial charge in [0.1, 0.15) is 0 Å². The lowest BCUT2D eigenvalue weighted by molar-refractivity contribution is 0.367. The molecule has 6 nitrogen and oxygen atoms in total. The fourth-order valence-corrected chi connectivity index (χ4v) is 2.85. The third-order valence-corrected chi connectivity index (χ3v) is 4.24. The summed E-state index contributed by atoms with van der Waals surface area (Å²) in [5, 5.41) is 35.0. The van der Waals surface area contributed by atoms with Gasteiger partial charge in [-0.25, -0.2) is 9.67 Å². The summed E-state index contributed by atoms with van der Waals surface area (Å²) in [5.74, 6) is -1.38. The number of rotatable bonds is 3. The monoisotopic (exact) mass is 341 g/mol. The zero-order valence-corrected chi connectivity index (χ0v) is 13.6. The number of thiazole rings is 1. The molecule has 1 heterocycles. The summed E-state index contributed by atoms with van der Waals surface area (Å²) >= 11 is 1.45. The van der Waals surface area contributed by atoms with Crippen molar-refractivity contribution in [2.45, 2.75) is 6.92 Å². The molecule has 0 aliphatic carbocycles. The van der Waals surface area contributed by atoms with E-state index in [1.165, 1.54) is 29.7 Å². The molecule has 0 aliphatic rings. The minimum absolute atomic E-state index is 0.286. The molecule has 3 aromatic rings. The Morgan fingerprint density at radius 1 is 1.00 bits per heavy atom. The third-order valence-electron chi connectivity index (χ3n) is 3.30. The van der Waals surface area contributed by atoms with E-state index in [2.05, 4.69) is 10.1 Å². The molecular formula is C17H15N3O3S. The van der Waals surface area contributed by atoms with Crippen LogP contribution in [0.15, 0.2) is 57.9 Å². The van der Waals surface area contributed by atoms with Gasteiger partial charge in [-0.3, -0.25) is 0 Å². The quantitative estimate of drug-likeness (QED) is 0.505. The van der Waals surface area contributed by atoms with E-state index >= 15 is 0 Å². The van der Waals surface area contributed by atoms with Crippen LogP contribution >= 0.6 is 11.3 Å². The minimum atomic E-state index is -0.569. The van der Waals surface area contributed by atoms with Crippen LogP contribution < -0.4 is 4.80 Å². The number of hydrogen-bond acceptors (Lipinski definition) is 6.